The molecule has 0 N–H and O–H groups in total. The Kier molecular flexibility index (Phi) is 4.90. The number of carbonyl (C=O) groups is 1. The van der Waals surface area contributed by atoms with Crippen LogP contribution in [0.15, 0.2) is 28.7 Å². The first-order chi connectivity index (χ1) is 7.88. The molecule has 0 aromatic heterocycles. The quantitative estimate of drug-likeness (QED) is 0.772. The summed E-state index contributed by atoms with van der Waals surface area (Å²) in [5.74, 6) is 0.154. The minimum absolute atomic E-state index is 0.0525. The van der Waals surface area contributed by atoms with Gasteiger partial charge in [-0.2, -0.15) is 0 Å². The predicted octanol–water partition coefficient (Wildman–Crippen LogP) is 3.75. The smallest absolute Gasteiger partial charge is 0.177 e. The predicted molar refractivity (Wildman–Crippen MR) is 75.5 cm³/mol. The molecule has 1 rings (SSSR count). The Morgan fingerprint density at radius 1 is 1.35 bits per heavy atom. The third-order valence-corrected chi connectivity index (χ3v) is 4.15. The van der Waals surface area contributed by atoms with Crippen LogP contribution in [0.3, 0.4) is 0 Å². The van der Waals surface area contributed by atoms with E-state index in [1.165, 1.54) is 0 Å². The summed E-state index contributed by atoms with van der Waals surface area (Å²) in [7, 11) is 2.00. The highest BCUT2D eigenvalue weighted by atomic mass is 79.9. The maximum Gasteiger partial charge on any atom is 0.177 e. The molecule has 3 heteroatoms. The van der Waals surface area contributed by atoms with E-state index >= 15 is 0 Å². The number of likely N-dealkylation sites (N-methyl/N-ethyl adjacent to an activating group) is 1. The van der Waals surface area contributed by atoms with Crippen LogP contribution in [0.1, 0.15) is 37.6 Å². The number of halogens is 1. The zero-order valence-corrected chi connectivity index (χ0v) is 12.5. The summed E-state index contributed by atoms with van der Waals surface area (Å²) in [5.41, 5.74) is 0.808. The van der Waals surface area contributed by atoms with E-state index < -0.39 is 0 Å². The Balaban J connectivity index is 2.77. The zero-order chi connectivity index (χ0) is 13.1. The van der Waals surface area contributed by atoms with Crippen LogP contribution >= 0.6 is 15.9 Å². The highest BCUT2D eigenvalue weighted by Gasteiger charge is 2.23. The summed E-state index contributed by atoms with van der Waals surface area (Å²) in [5, 5.41) is 0. The molecule has 0 fully saturated rings. The number of ketones is 1. The van der Waals surface area contributed by atoms with Crippen molar-refractivity contribution in [1.82, 2.24) is 4.90 Å². The van der Waals surface area contributed by atoms with E-state index in [2.05, 4.69) is 41.6 Å². The molecule has 1 aromatic carbocycles. The van der Waals surface area contributed by atoms with Crippen molar-refractivity contribution in [3.63, 3.8) is 0 Å². The van der Waals surface area contributed by atoms with Gasteiger partial charge in [-0.1, -0.05) is 41.1 Å². The largest absolute Gasteiger partial charge is 0.294 e. The van der Waals surface area contributed by atoms with Gasteiger partial charge < -0.3 is 0 Å². The number of carbonyl (C=O) groups excluding carboxylic acids is 1. The summed E-state index contributed by atoms with van der Waals surface area (Å²) in [6.45, 7) is 6.89. The van der Waals surface area contributed by atoms with Gasteiger partial charge in [-0.15, -0.1) is 0 Å². The molecule has 17 heavy (non-hydrogen) atoms. The molecule has 94 valence electrons. The van der Waals surface area contributed by atoms with Gasteiger partial charge in [0.05, 0.1) is 6.54 Å². The average molecular weight is 298 g/mol. The van der Waals surface area contributed by atoms with Gasteiger partial charge in [0.2, 0.25) is 0 Å². The number of benzene rings is 1. The van der Waals surface area contributed by atoms with E-state index in [9.17, 15) is 4.79 Å². The minimum atomic E-state index is 0.0525. The van der Waals surface area contributed by atoms with Crippen molar-refractivity contribution < 1.29 is 4.79 Å². The first kappa shape index (κ1) is 14.4. The third-order valence-electron chi connectivity index (χ3n) is 3.45. The van der Waals surface area contributed by atoms with Crippen LogP contribution in [0.4, 0.5) is 0 Å². The van der Waals surface area contributed by atoms with E-state index in [1.54, 1.807) is 0 Å². The first-order valence-electron chi connectivity index (χ1n) is 5.87. The number of hydrogen-bond acceptors (Lipinski definition) is 2. The Morgan fingerprint density at radius 2 is 1.94 bits per heavy atom. The van der Waals surface area contributed by atoms with Crippen LogP contribution in [-0.4, -0.2) is 29.8 Å². The molecule has 1 aromatic rings. The molecule has 0 aliphatic heterocycles. The fraction of sp³-hybridized carbons (Fsp3) is 0.500. The molecular formula is C14H20BrNO. The Bertz CT molecular complexity index is 401. The van der Waals surface area contributed by atoms with E-state index in [0.717, 1.165) is 16.5 Å². The lowest BCUT2D eigenvalue weighted by atomic mass is 9.99. The molecule has 0 saturated carbocycles. The number of rotatable bonds is 5. The van der Waals surface area contributed by atoms with Crippen molar-refractivity contribution in [2.24, 2.45) is 0 Å². The molecule has 0 aliphatic carbocycles. The molecule has 0 atom stereocenters. The van der Waals surface area contributed by atoms with Crippen LogP contribution < -0.4 is 0 Å². The normalized spacial score (nSPS) is 11.9. The molecular weight excluding hydrogens is 278 g/mol. The first-order valence-corrected chi connectivity index (χ1v) is 6.66. The van der Waals surface area contributed by atoms with Crippen LogP contribution in [0.5, 0.6) is 0 Å². The van der Waals surface area contributed by atoms with Gasteiger partial charge in [0.15, 0.2) is 5.78 Å². The van der Waals surface area contributed by atoms with Gasteiger partial charge in [-0.3, -0.25) is 9.69 Å². The van der Waals surface area contributed by atoms with Gasteiger partial charge in [-0.05, 0) is 33.4 Å². The summed E-state index contributed by atoms with van der Waals surface area (Å²) >= 11 is 3.41. The summed E-state index contributed by atoms with van der Waals surface area (Å²) in [6, 6.07) is 7.57. The van der Waals surface area contributed by atoms with E-state index in [4.69, 9.17) is 0 Å². The lowest BCUT2D eigenvalue weighted by Crippen LogP contribution is -2.43. The Morgan fingerprint density at radius 3 is 2.47 bits per heavy atom. The third kappa shape index (κ3) is 3.65. The lowest BCUT2D eigenvalue weighted by molar-refractivity contribution is 0.0846. The number of hydrogen-bond donors (Lipinski definition) is 0. The van der Waals surface area contributed by atoms with E-state index in [-0.39, 0.29) is 11.3 Å². The van der Waals surface area contributed by atoms with Crippen molar-refractivity contribution in [3.8, 4) is 0 Å². The van der Waals surface area contributed by atoms with Crippen molar-refractivity contribution in [1.29, 1.82) is 0 Å². The fourth-order valence-electron chi connectivity index (χ4n) is 1.47. The molecule has 0 bridgehead atoms. The van der Waals surface area contributed by atoms with Crippen LogP contribution in [0, 0.1) is 0 Å². The lowest BCUT2D eigenvalue weighted by Gasteiger charge is -2.34. The average Bonchev–Trinajstić information content (AvgIpc) is 2.29. The Labute approximate surface area is 112 Å². The molecule has 0 aliphatic rings. The van der Waals surface area contributed by atoms with Crippen molar-refractivity contribution in [2.75, 3.05) is 13.6 Å². The van der Waals surface area contributed by atoms with Crippen LogP contribution in [0.2, 0.25) is 0 Å². The molecule has 0 amide bonds. The molecule has 0 spiro atoms. The van der Waals surface area contributed by atoms with E-state index in [1.807, 2.05) is 31.3 Å². The zero-order valence-electron chi connectivity index (χ0n) is 11.0. The maximum absolute atomic E-state index is 12.2. The number of Topliss-reactive ketones (excluding diaryl/α,β-unsaturated/α-hetero) is 1. The van der Waals surface area contributed by atoms with Crippen LogP contribution in [-0.2, 0) is 0 Å². The fourth-order valence-corrected chi connectivity index (χ4v) is 1.98. The second-order valence-corrected chi connectivity index (χ2v) is 5.78. The topological polar surface area (TPSA) is 20.3 Å². The highest BCUT2D eigenvalue weighted by Crippen LogP contribution is 2.20. The van der Waals surface area contributed by atoms with E-state index in [0.29, 0.717) is 6.54 Å². The molecule has 0 saturated heterocycles. The molecule has 0 heterocycles. The highest BCUT2D eigenvalue weighted by molar-refractivity contribution is 9.10. The second kappa shape index (κ2) is 5.78. The van der Waals surface area contributed by atoms with Gasteiger partial charge in [-0.25, -0.2) is 0 Å². The van der Waals surface area contributed by atoms with Crippen molar-refractivity contribution in [2.45, 2.75) is 32.7 Å². The number of nitrogens with zero attached hydrogens (tertiary/aromatic N) is 1. The SMILES string of the molecule is CCC(C)(C)N(C)CC(=O)c1ccccc1Br. The van der Waals surface area contributed by atoms with Crippen LogP contribution in [0.25, 0.3) is 0 Å². The van der Waals surface area contributed by atoms with Gasteiger partial charge in [0, 0.05) is 15.6 Å². The molecule has 2 nitrogen and oxygen atoms in total. The summed E-state index contributed by atoms with van der Waals surface area (Å²) in [6.07, 6.45) is 1.02. The Hall–Kier alpha value is -0.670. The maximum atomic E-state index is 12.2. The van der Waals surface area contributed by atoms with Gasteiger partial charge in [0.1, 0.15) is 0 Å². The monoisotopic (exact) mass is 297 g/mol. The molecule has 0 unspecified atom stereocenters. The minimum Gasteiger partial charge on any atom is -0.294 e. The second-order valence-electron chi connectivity index (χ2n) is 4.93. The summed E-state index contributed by atoms with van der Waals surface area (Å²) < 4.78 is 0.868. The molecule has 0 radical (unpaired) electrons. The van der Waals surface area contributed by atoms with Crippen molar-refractivity contribution in [3.05, 3.63) is 34.3 Å². The summed E-state index contributed by atoms with van der Waals surface area (Å²) in [4.78, 5) is 14.3. The van der Waals surface area contributed by atoms with Gasteiger partial charge >= 0.3 is 0 Å². The van der Waals surface area contributed by atoms with Crippen molar-refractivity contribution >= 4 is 21.7 Å². The standard InChI is InChI=1S/C14H20BrNO/c1-5-14(2,3)16(4)10-13(17)11-8-6-7-9-12(11)15/h6-9H,5,10H2,1-4H3. The van der Waals surface area contributed by atoms with Gasteiger partial charge in [0.25, 0.3) is 0 Å².